The van der Waals surface area contributed by atoms with Crippen molar-refractivity contribution in [2.75, 3.05) is 23.8 Å². The Morgan fingerprint density at radius 2 is 2.20 bits per heavy atom. The van der Waals surface area contributed by atoms with Crippen molar-refractivity contribution >= 4 is 35.5 Å². The molecule has 1 aliphatic heterocycles. The monoisotopic (exact) mass is 316 g/mol. The summed E-state index contributed by atoms with van der Waals surface area (Å²) in [4.78, 5) is 22.2. The number of urea groups is 1. The van der Waals surface area contributed by atoms with Gasteiger partial charge >= 0.3 is 12.0 Å². The van der Waals surface area contributed by atoms with E-state index in [-0.39, 0.29) is 18.3 Å². The minimum atomic E-state index is -1.12. The number of carbonyl (C=O) groups excluding carboxylic acids is 1. The van der Waals surface area contributed by atoms with Crippen molar-refractivity contribution in [1.82, 2.24) is 10.6 Å². The maximum Gasteiger partial charge on any atom is 0.371 e. The molecule has 1 atom stereocenters. The van der Waals surface area contributed by atoms with Gasteiger partial charge in [0.25, 0.3) is 0 Å². The first-order chi connectivity index (χ1) is 9.65. The minimum Gasteiger partial charge on any atom is -0.475 e. The number of hydrogen-bond acceptors (Lipinski definition) is 5. The number of rotatable bonds is 5. The summed E-state index contributed by atoms with van der Waals surface area (Å²) in [7, 11) is 0. The van der Waals surface area contributed by atoms with Crippen LogP contribution in [0.2, 0.25) is 0 Å². The Bertz CT molecular complexity index is 472. The highest BCUT2D eigenvalue weighted by atomic mass is 32.2. The zero-order chi connectivity index (χ0) is 14.4. The fraction of sp³-hybridized carbons (Fsp3) is 0.500. The Morgan fingerprint density at radius 1 is 1.35 bits per heavy atom. The molecular weight excluding hydrogens is 300 g/mol. The summed E-state index contributed by atoms with van der Waals surface area (Å²) in [6.07, 6.45) is 0. The molecule has 110 valence electrons. The molecule has 1 saturated heterocycles. The highest BCUT2D eigenvalue weighted by Crippen LogP contribution is 2.23. The topological polar surface area (TPSA) is 91.6 Å². The van der Waals surface area contributed by atoms with Crippen LogP contribution in [-0.4, -0.2) is 46.2 Å². The molecule has 0 aromatic carbocycles. The molecule has 0 spiro atoms. The van der Waals surface area contributed by atoms with Gasteiger partial charge in [0.15, 0.2) is 0 Å². The van der Waals surface area contributed by atoms with Gasteiger partial charge in [-0.05, 0) is 12.1 Å². The molecule has 1 aliphatic rings. The summed E-state index contributed by atoms with van der Waals surface area (Å²) < 4.78 is 5.04. The standard InChI is InChI=1S/C12H16N2O4S2/c15-11(16)10-2-1-8(18-10)5-13-12(17)14-6-9-7-19-3-4-20-9/h1-2,9H,3-7H2,(H,15,16)(H2,13,14,17). The summed E-state index contributed by atoms with van der Waals surface area (Å²) in [5.74, 6) is 2.54. The van der Waals surface area contributed by atoms with E-state index in [1.165, 1.54) is 17.9 Å². The summed E-state index contributed by atoms with van der Waals surface area (Å²) in [5.41, 5.74) is 0. The van der Waals surface area contributed by atoms with E-state index >= 15 is 0 Å². The molecule has 0 aliphatic carbocycles. The van der Waals surface area contributed by atoms with Crippen molar-refractivity contribution in [1.29, 1.82) is 0 Å². The molecule has 1 aromatic heterocycles. The van der Waals surface area contributed by atoms with Crippen molar-refractivity contribution in [3.8, 4) is 0 Å². The lowest BCUT2D eigenvalue weighted by Gasteiger charge is -2.21. The number of furan rings is 1. The molecule has 20 heavy (non-hydrogen) atoms. The van der Waals surface area contributed by atoms with Gasteiger partial charge in [0, 0.05) is 29.1 Å². The van der Waals surface area contributed by atoms with Gasteiger partial charge in [-0.25, -0.2) is 9.59 Å². The fourth-order valence-electron chi connectivity index (χ4n) is 1.68. The van der Waals surface area contributed by atoms with Crippen molar-refractivity contribution < 1.29 is 19.1 Å². The molecule has 2 heterocycles. The van der Waals surface area contributed by atoms with Gasteiger partial charge in [-0.1, -0.05) is 0 Å². The van der Waals surface area contributed by atoms with Crippen molar-refractivity contribution in [3.05, 3.63) is 23.7 Å². The van der Waals surface area contributed by atoms with Crippen LogP contribution in [0.5, 0.6) is 0 Å². The molecule has 0 radical (unpaired) electrons. The second-order valence-electron chi connectivity index (χ2n) is 4.20. The van der Waals surface area contributed by atoms with Crippen LogP contribution >= 0.6 is 23.5 Å². The predicted molar refractivity (Wildman–Crippen MR) is 79.5 cm³/mol. The normalized spacial score (nSPS) is 18.5. The molecular formula is C12H16N2O4S2. The van der Waals surface area contributed by atoms with Gasteiger partial charge in [-0.3, -0.25) is 0 Å². The first-order valence-corrected chi connectivity index (χ1v) is 8.38. The van der Waals surface area contributed by atoms with Gasteiger partial charge in [0.05, 0.1) is 6.54 Å². The Hall–Kier alpha value is -1.28. The van der Waals surface area contributed by atoms with Crippen LogP contribution in [-0.2, 0) is 6.54 Å². The van der Waals surface area contributed by atoms with Gasteiger partial charge in [-0.2, -0.15) is 23.5 Å². The van der Waals surface area contributed by atoms with Crippen LogP contribution in [0.1, 0.15) is 16.3 Å². The number of carboxylic acid groups (broad SMARTS) is 1. The molecule has 2 rings (SSSR count). The largest absolute Gasteiger partial charge is 0.475 e. The summed E-state index contributed by atoms with van der Waals surface area (Å²) in [6.45, 7) is 0.813. The Labute approximate surface area is 125 Å². The van der Waals surface area contributed by atoms with Crippen molar-refractivity contribution in [2.24, 2.45) is 0 Å². The van der Waals surface area contributed by atoms with Gasteiger partial charge in [0.2, 0.25) is 5.76 Å². The number of hydrogen-bond donors (Lipinski definition) is 3. The maximum atomic E-state index is 11.6. The molecule has 1 unspecified atom stereocenters. The second kappa shape index (κ2) is 7.49. The Morgan fingerprint density at radius 3 is 2.85 bits per heavy atom. The third-order valence-corrected chi connectivity index (χ3v) is 5.52. The van der Waals surface area contributed by atoms with Crippen LogP contribution < -0.4 is 10.6 Å². The highest BCUT2D eigenvalue weighted by Gasteiger charge is 2.15. The summed E-state index contributed by atoms with van der Waals surface area (Å²) in [5, 5.41) is 14.6. The predicted octanol–water partition coefficient (Wildman–Crippen LogP) is 1.63. The van der Waals surface area contributed by atoms with Gasteiger partial charge < -0.3 is 20.2 Å². The fourth-order valence-corrected chi connectivity index (χ4v) is 4.29. The third-order valence-electron chi connectivity index (χ3n) is 2.67. The molecule has 1 fully saturated rings. The summed E-state index contributed by atoms with van der Waals surface area (Å²) >= 11 is 3.79. The van der Waals surface area contributed by atoms with Crippen molar-refractivity contribution in [2.45, 2.75) is 11.8 Å². The number of aromatic carboxylic acids is 1. The number of amides is 2. The van der Waals surface area contributed by atoms with Crippen LogP contribution in [0.3, 0.4) is 0 Å². The molecule has 6 nitrogen and oxygen atoms in total. The highest BCUT2D eigenvalue weighted by molar-refractivity contribution is 8.06. The smallest absolute Gasteiger partial charge is 0.371 e. The number of carboxylic acids is 1. The zero-order valence-corrected chi connectivity index (χ0v) is 12.4. The second-order valence-corrected chi connectivity index (χ2v) is 6.76. The van der Waals surface area contributed by atoms with Gasteiger partial charge in [-0.15, -0.1) is 0 Å². The van der Waals surface area contributed by atoms with Gasteiger partial charge in [0.1, 0.15) is 5.76 Å². The minimum absolute atomic E-state index is 0.127. The lowest BCUT2D eigenvalue weighted by Crippen LogP contribution is -2.39. The molecule has 1 aromatic rings. The van der Waals surface area contributed by atoms with Crippen LogP contribution in [0.4, 0.5) is 4.79 Å². The molecule has 3 N–H and O–H groups in total. The van der Waals surface area contributed by atoms with E-state index in [9.17, 15) is 9.59 Å². The summed E-state index contributed by atoms with van der Waals surface area (Å²) in [6, 6.07) is 2.64. The third kappa shape index (κ3) is 4.68. The maximum absolute atomic E-state index is 11.6. The molecule has 0 bridgehead atoms. The lowest BCUT2D eigenvalue weighted by atomic mass is 10.4. The van der Waals surface area contributed by atoms with E-state index in [1.54, 1.807) is 0 Å². The van der Waals surface area contributed by atoms with E-state index in [0.717, 1.165) is 11.5 Å². The first kappa shape index (κ1) is 15.1. The van der Waals surface area contributed by atoms with Crippen LogP contribution in [0, 0.1) is 0 Å². The van der Waals surface area contributed by atoms with E-state index in [4.69, 9.17) is 9.52 Å². The van der Waals surface area contributed by atoms with Crippen molar-refractivity contribution in [3.63, 3.8) is 0 Å². The number of carbonyl (C=O) groups is 2. The Balaban J connectivity index is 1.67. The van der Waals surface area contributed by atoms with Crippen LogP contribution in [0.15, 0.2) is 16.5 Å². The Kier molecular flexibility index (Phi) is 5.66. The number of thioether (sulfide) groups is 2. The average Bonchev–Trinajstić information content (AvgIpc) is 2.93. The SMILES string of the molecule is O=C(NCc1ccc(C(=O)O)o1)NCC1CSCCS1. The van der Waals surface area contributed by atoms with E-state index in [1.807, 2.05) is 23.5 Å². The lowest BCUT2D eigenvalue weighted by molar-refractivity contribution is 0.0660. The van der Waals surface area contributed by atoms with E-state index in [0.29, 0.717) is 17.6 Å². The van der Waals surface area contributed by atoms with E-state index in [2.05, 4.69) is 10.6 Å². The first-order valence-electron chi connectivity index (χ1n) is 6.18. The molecule has 8 heteroatoms. The number of nitrogens with one attached hydrogen (secondary N) is 2. The molecule has 2 amide bonds. The molecule has 0 saturated carbocycles. The van der Waals surface area contributed by atoms with Crippen LogP contribution in [0.25, 0.3) is 0 Å². The zero-order valence-electron chi connectivity index (χ0n) is 10.8. The quantitative estimate of drug-likeness (QED) is 0.765. The average molecular weight is 316 g/mol. The van der Waals surface area contributed by atoms with E-state index < -0.39 is 5.97 Å².